The van der Waals surface area contributed by atoms with Crippen LogP contribution in [-0.4, -0.2) is 24.5 Å². The first-order valence-electron chi connectivity index (χ1n) is 9.30. The van der Waals surface area contributed by atoms with Crippen molar-refractivity contribution in [2.45, 2.75) is 32.0 Å². The molecule has 1 aromatic carbocycles. The first-order chi connectivity index (χ1) is 14.8. The summed E-state index contributed by atoms with van der Waals surface area (Å²) < 4.78 is 41.8. The van der Waals surface area contributed by atoms with E-state index in [4.69, 9.17) is 32.7 Å². The van der Waals surface area contributed by atoms with Gasteiger partial charge in [0.1, 0.15) is 21.5 Å². The summed E-state index contributed by atoms with van der Waals surface area (Å²) in [6, 6.07) is 4.32. The highest BCUT2D eigenvalue weighted by Crippen LogP contribution is 2.37. The van der Waals surface area contributed by atoms with Crippen LogP contribution in [0.2, 0.25) is 10.0 Å². The van der Waals surface area contributed by atoms with E-state index in [1.807, 2.05) is 0 Å². The number of hydrogen-bond acceptors (Lipinski definition) is 5. The van der Waals surface area contributed by atoms with Crippen LogP contribution in [0.25, 0.3) is 0 Å². The maximum atomic E-state index is 12.8. The summed E-state index contributed by atoms with van der Waals surface area (Å²) in [4.78, 5) is 12.0. The van der Waals surface area contributed by atoms with Crippen LogP contribution >= 0.6 is 39.1 Å². The van der Waals surface area contributed by atoms with Crippen LogP contribution in [0, 0.1) is 11.1 Å². The fourth-order valence-electron chi connectivity index (χ4n) is 2.85. The Morgan fingerprint density at radius 2 is 1.90 bits per heavy atom. The fourth-order valence-corrected chi connectivity index (χ4v) is 3.58. The van der Waals surface area contributed by atoms with Crippen LogP contribution in [0.15, 0.2) is 30.6 Å². The minimum Gasteiger partial charge on any atom is -0.619 e. The van der Waals surface area contributed by atoms with E-state index in [1.165, 1.54) is 18.2 Å². The van der Waals surface area contributed by atoms with E-state index in [1.54, 1.807) is 0 Å². The van der Waals surface area contributed by atoms with Gasteiger partial charge in [-0.1, -0.05) is 45.2 Å². The third-order valence-corrected chi connectivity index (χ3v) is 5.67. The Labute approximate surface area is 195 Å². The molecule has 1 saturated carbocycles. The Balaban J connectivity index is 1.93. The second kappa shape index (κ2) is 10.7. The number of hydrogen-bond donors (Lipinski definition) is 0. The van der Waals surface area contributed by atoms with Crippen molar-refractivity contribution in [3.63, 3.8) is 0 Å². The van der Waals surface area contributed by atoms with Crippen molar-refractivity contribution >= 4 is 45.1 Å². The number of benzene rings is 1. The maximum absolute atomic E-state index is 12.8. The predicted molar refractivity (Wildman–Crippen MR) is 113 cm³/mol. The van der Waals surface area contributed by atoms with E-state index in [0.29, 0.717) is 28.4 Å². The lowest BCUT2D eigenvalue weighted by atomic mass is 10.0. The van der Waals surface area contributed by atoms with Crippen LogP contribution in [0.3, 0.4) is 0 Å². The van der Waals surface area contributed by atoms with Crippen molar-refractivity contribution in [1.82, 2.24) is 0 Å². The van der Waals surface area contributed by atoms with Crippen molar-refractivity contribution in [3.05, 3.63) is 57.0 Å². The summed E-state index contributed by atoms with van der Waals surface area (Å²) in [5.41, 5.74) is 0.865. The molecule has 2 aromatic rings. The highest BCUT2D eigenvalue weighted by molar-refractivity contribution is 9.09. The monoisotopic (exact) mass is 539 g/mol. The number of rotatable bonds is 10. The minimum absolute atomic E-state index is 0.0500. The normalized spacial score (nSPS) is 14.4. The molecule has 0 aliphatic heterocycles. The van der Waals surface area contributed by atoms with Crippen LogP contribution in [0.5, 0.6) is 11.5 Å². The summed E-state index contributed by atoms with van der Waals surface area (Å²) in [7, 11) is 0. The van der Waals surface area contributed by atoms with E-state index in [-0.39, 0.29) is 33.3 Å². The van der Waals surface area contributed by atoms with Gasteiger partial charge in [-0.2, -0.15) is 13.5 Å². The van der Waals surface area contributed by atoms with Crippen molar-refractivity contribution in [2.75, 3.05) is 11.9 Å². The fraction of sp³-hybridized carbons (Fsp3) is 0.400. The Morgan fingerprint density at radius 3 is 2.48 bits per heavy atom. The summed E-state index contributed by atoms with van der Waals surface area (Å²) in [6.45, 7) is -2.65. The number of aromatic nitrogens is 1. The number of esters is 1. The molecule has 1 aliphatic carbocycles. The van der Waals surface area contributed by atoms with Gasteiger partial charge in [-0.25, -0.2) is 0 Å². The molecule has 6 nitrogen and oxygen atoms in total. The second-order valence-corrected chi connectivity index (χ2v) is 8.32. The predicted octanol–water partition coefficient (Wildman–Crippen LogP) is 5.24. The van der Waals surface area contributed by atoms with Crippen molar-refractivity contribution in [2.24, 2.45) is 5.92 Å². The van der Waals surface area contributed by atoms with E-state index in [9.17, 15) is 18.8 Å². The van der Waals surface area contributed by atoms with Gasteiger partial charge in [0.15, 0.2) is 23.9 Å². The van der Waals surface area contributed by atoms with Crippen molar-refractivity contribution in [1.29, 1.82) is 0 Å². The van der Waals surface area contributed by atoms with Gasteiger partial charge >= 0.3 is 12.6 Å². The molecule has 168 valence electrons. The smallest absolute Gasteiger partial charge is 0.387 e. The standard InChI is InChI=1S/C20H18BrCl2F2NO5/c21-7-19(27)30-17(6-13-14(22)8-26(28)9-15(13)23)12-3-4-16(31-20(24)25)18(5-12)29-10-11-1-2-11/h3-5,8-9,11,17,20H,1-2,6-7,10H2/t17-/m0/s1. The van der Waals surface area contributed by atoms with Gasteiger partial charge in [-0.3, -0.25) is 4.79 Å². The summed E-state index contributed by atoms with van der Waals surface area (Å²) in [5.74, 6) is -0.174. The molecule has 0 amide bonds. The van der Waals surface area contributed by atoms with Gasteiger partial charge in [-0.15, -0.1) is 0 Å². The minimum atomic E-state index is -3.02. The molecule has 0 saturated heterocycles. The molecule has 0 spiro atoms. The molecular formula is C20H18BrCl2F2NO5. The average molecular weight is 541 g/mol. The number of pyridine rings is 1. The lowest BCUT2D eigenvalue weighted by Crippen LogP contribution is -2.25. The Bertz CT molecular complexity index is 923. The van der Waals surface area contributed by atoms with Crippen LogP contribution in [0.1, 0.15) is 30.1 Å². The number of carbonyl (C=O) groups is 1. The van der Waals surface area contributed by atoms with Crippen LogP contribution < -0.4 is 14.2 Å². The molecule has 1 heterocycles. The van der Waals surface area contributed by atoms with Crippen LogP contribution in [0.4, 0.5) is 8.78 Å². The number of halogens is 5. The van der Waals surface area contributed by atoms with Gasteiger partial charge in [0.2, 0.25) is 0 Å². The Morgan fingerprint density at radius 1 is 1.23 bits per heavy atom. The molecule has 0 unspecified atom stereocenters. The molecule has 11 heteroatoms. The molecule has 0 radical (unpaired) electrons. The zero-order chi connectivity index (χ0) is 22.5. The van der Waals surface area contributed by atoms with Gasteiger partial charge in [-0.05, 0) is 36.5 Å². The summed E-state index contributed by atoms with van der Waals surface area (Å²) in [6.07, 6.45) is 3.48. The summed E-state index contributed by atoms with van der Waals surface area (Å²) in [5, 5.41) is 11.7. The third-order valence-electron chi connectivity index (χ3n) is 4.56. The highest BCUT2D eigenvalue weighted by atomic mass is 79.9. The highest BCUT2D eigenvalue weighted by Gasteiger charge is 2.26. The zero-order valence-corrected chi connectivity index (χ0v) is 19.1. The Kier molecular flexibility index (Phi) is 8.18. The quantitative estimate of drug-likeness (QED) is 0.178. The molecule has 1 aromatic heterocycles. The topological polar surface area (TPSA) is 71.7 Å². The van der Waals surface area contributed by atoms with E-state index in [0.717, 1.165) is 25.2 Å². The first-order valence-corrected chi connectivity index (χ1v) is 11.2. The molecule has 0 N–H and O–H groups in total. The molecule has 1 fully saturated rings. The average Bonchev–Trinajstić information content (AvgIpc) is 3.53. The summed E-state index contributed by atoms with van der Waals surface area (Å²) >= 11 is 15.4. The van der Waals surface area contributed by atoms with Gasteiger partial charge < -0.3 is 19.4 Å². The third kappa shape index (κ3) is 6.82. The maximum Gasteiger partial charge on any atom is 0.387 e. The Hall–Kier alpha value is -1.84. The molecule has 3 rings (SSSR count). The van der Waals surface area contributed by atoms with E-state index < -0.39 is 18.7 Å². The van der Waals surface area contributed by atoms with Crippen molar-refractivity contribution in [3.8, 4) is 11.5 Å². The number of ether oxygens (including phenoxy) is 3. The molecule has 31 heavy (non-hydrogen) atoms. The number of carbonyl (C=O) groups excluding carboxylic acids is 1. The van der Waals surface area contributed by atoms with Crippen molar-refractivity contribution < 1.29 is 32.5 Å². The SMILES string of the molecule is O=C(CBr)O[C@@H](Cc1c(Cl)c[n+]([O-])cc1Cl)c1ccc(OC(F)F)c(OCC2CC2)c1. The lowest BCUT2D eigenvalue weighted by molar-refractivity contribution is -0.605. The molecule has 0 bridgehead atoms. The molecule has 1 aliphatic rings. The largest absolute Gasteiger partial charge is 0.619 e. The zero-order valence-electron chi connectivity index (χ0n) is 16.0. The number of nitrogens with zero attached hydrogens (tertiary/aromatic N) is 1. The lowest BCUT2D eigenvalue weighted by Gasteiger charge is -2.21. The van der Waals surface area contributed by atoms with Gasteiger partial charge in [0.05, 0.1) is 6.61 Å². The number of alkyl halides is 3. The molecule has 1 atom stereocenters. The van der Waals surface area contributed by atoms with Gasteiger partial charge in [0, 0.05) is 12.0 Å². The first kappa shape index (κ1) is 23.8. The van der Waals surface area contributed by atoms with Gasteiger partial charge in [0.25, 0.3) is 0 Å². The second-order valence-electron chi connectivity index (χ2n) is 6.95. The van der Waals surface area contributed by atoms with E-state index >= 15 is 0 Å². The molecular weight excluding hydrogens is 523 g/mol. The van der Waals surface area contributed by atoms with E-state index in [2.05, 4.69) is 20.7 Å². The van der Waals surface area contributed by atoms with Crippen LogP contribution in [-0.2, 0) is 16.0 Å².